The first kappa shape index (κ1) is 43.6. The molecule has 0 amide bonds. The minimum Gasteiger partial charge on any atom is -0.458 e. The minimum atomic E-state index is -0.146. The molecule has 13 aromatic rings. The van der Waals surface area contributed by atoms with Gasteiger partial charge in [0.1, 0.15) is 11.5 Å². The van der Waals surface area contributed by atoms with E-state index in [9.17, 15) is 0 Å². The lowest BCUT2D eigenvalue weighted by atomic mass is 9.28. The summed E-state index contributed by atoms with van der Waals surface area (Å²) >= 11 is 0. The molecule has 0 aliphatic carbocycles. The van der Waals surface area contributed by atoms with Crippen LogP contribution in [0.5, 0.6) is 11.5 Å². The molecule has 0 unspecified atom stereocenters. The molecule has 19 rings (SSSR count). The summed E-state index contributed by atoms with van der Waals surface area (Å²) in [6.45, 7) is -0.268. The summed E-state index contributed by atoms with van der Waals surface area (Å²) in [5, 5.41) is 2.45. The third-order valence-corrected chi connectivity index (χ3v) is 18.3. The average Bonchev–Trinajstić information content (AvgIpc) is 2.04. The zero-order valence-corrected chi connectivity index (χ0v) is 43.8. The topological polar surface area (TPSA) is 27.1 Å². The number of fused-ring (bicyclic) bond motifs is 17. The molecule has 0 saturated carbocycles. The molecule has 1 aromatic heterocycles. The van der Waals surface area contributed by atoms with Gasteiger partial charge in [-0.2, -0.15) is 0 Å². The van der Waals surface area contributed by atoms with Crippen molar-refractivity contribution in [1.29, 1.82) is 0 Å². The maximum Gasteiger partial charge on any atom is 0.256 e. The lowest BCUT2D eigenvalue weighted by Gasteiger charge is -2.51. The molecule has 12 aromatic carbocycles. The number of anilines is 12. The van der Waals surface area contributed by atoms with E-state index in [1.807, 2.05) is 0 Å². The van der Waals surface area contributed by atoms with Crippen molar-refractivity contribution in [3.63, 3.8) is 0 Å². The maximum absolute atomic E-state index is 7.72. The number of rotatable bonds is 4. The van der Waals surface area contributed by atoms with Gasteiger partial charge in [0, 0.05) is 85.1 Å². The Bertz CT molecular complexity index is 4810. The molecule has 0 spiro atoms. The SMILES string of the molecule is c1ccc(N2c3ccccc3B3c4cc5c(cc4Oc4cc(-n6c7ccccc7c7ccccc76)cc2c43)B2c3ccccc3N3c4ccccc4B4c6ccccc6N(c6ccccc6)c6cc(c2c3c64)N5c2ccccc2)cc1. The van der Waals surface area contributed by atoms with Crippen LogP contribution in [-0.2, 0) is 0 Å². The number of benzene rings is 12. The van der Waals surface area contributed by atoms with Crippen molar-refractivity contribution in [2.75, 3.05) is 19.6 Å². The molecular weight excluding hydrogens is 983 g/mol. The van der Waals surface area contributed by atoms with Gasteiger partial charge in [0.2, 0.25) is 0 Å². The quantitative estimate of drug-likeness (QED) is 0.164. The van der Waals surface area contributed by atoms with E-state index in [2.05, 4.69) is 291 Å². The highest BCUT2D eigenvalue weighted by Gasteiger charge is 2.53. The van der Waals surface area contributed by atoms with Crippen molar-refractivity contribution in [3.05, 3.63) is 267 Å². The summed E-state index contributed by atoms with van der Waals surface area (Å²) in [5.74, 6) is 1.75. The number of hydrogen-bond acceptors (Lipinski definition) is 5. The Morgan fingerprint density at radius 3 is 1.15 bits per heavy atom. The van der Waals surface area contributed by atoms with E-state index in [4.69, 9.17) is 4.74 Å². The second-order valence-electron chi connectivity index (χ2n) is 22.3. The fourth-order valence-corrected chi connectivity index (χ4v) is 15.3. The van der Waals surface area contributed by atoms with Gasteiger partial charge in [0.05, 0.1) is 16.7 Å². The molecule has 7 heterocycles. The molecule has 0 saturated heterocycles. The highest BCUT2D eigenvalue weighted by Crippen LogP contribution is 2.51. The van der Waals surface area contributed by atoms with Crippen molar-refractivity contribution in [2.24, 2.45) is 0 Å². The van der Waals surface area contributed by atoms with Crippen molar-refractivity contribution < 1.29 is 4.74 Å². The maximum atomic E-state index is 7.72. The van der Waals surface area contributed by atoms with E-state index in [1.54, 1.807) is 0 Å². The highest BCUT2D eigenvalue weighted by molar-refractivity contribution is 7.05. The van der Waals surface area contributed by atoms with Gasteiger partial charge in [-0.25, -0.2) is 0 Å². The molecule has 0 N–H and O–H groups in total. The first-order chi connectivity index (χ1) is 40.2. The molecule has 0 atom stereocenters. The molecule has 6 nitrogen and oxygen atoms in total. The molecule has 0 radical (unpaired) electrons. The van der Waals surface area contributed by atoms with Crippen LogP contribution < -0.4 is 73.5 Å². The van der Waals surface area contributed by atoms with Crippen molar-refractivity contribution >= 4 is 159 Å². The normalized spacial score (nSPS) is 14.1. The predicted octanol–water partition coefficient (Wildman–Crippen LogP) is 11.9. The minimum absolute atomic E-state index is 0.00418. The van der Waals surface area contributed by atoms with Crippen LogP contribution in [0.4, 0.5) is 68.2 Å². The number of nitrogens with zero attached hydrogens (tertiary/aromatic N) is 5. The van der Waals surface area contributed by atoms with E-state index >= 15 is 0 Å². The fraction of sp³-hybridized carbons (Fsp3) is 0. The summed E-state index contributed by atoms with van der Waals surface area (Å²) in [5.41, 5.74) is 28.7. The zero-order chi connectivity index (χ0) is 52.6. The van der Waals surface area contributed by atoms with E-state index in [0.29, 0.717) is 0 Å². The number of ether oxygens (including phenoxy) is 1. The lowest BCUT2D eigenvalue weighted by molar-refractivity contribution is 0.488. The average molecular weight is 1030 g/mol. The zero-order valence-electron chi connectivity index (χ0n) is 43.8. The van der Waals surface area contributed by atoms with Crippen LogP contribution >= 0.6 is 0 Å². The fourth-order valence-electron chi connectivity index (χ4n) is 15.3. The van der Waals surface area contributed by atoms with Gasteiger partial charge in [-0.1, -0.05) is 164 Å². The van der Waals surface area contributed by atoms with Crippen LogP contribution in [0.1, 0.15) is 0 Å². The largest absolute Gasteiger partial charge is 0.458 e. The molecule has 6 aliphatic rings. The van der Waals surface area contributed by atoms with Crippen LogP contribution in [0.25, 0.3) is 27.5 Å². The Balaban J connectivity index is 0.915. The van der Waals surface area contributed by atoms with E-state index in [1.165, 1.54) is 83.1 Å². The van der Waals surface area contributed by atoms with Gasteiger partial charge in [0.15, 0.2) is 0 Å². The Morgan fingerprint density at radius 2 is 0.642 bits per heavy atom. The molecule has 372 valence electrons. The predicted molar refractivity (Wildman–Crippen MR) is 340 cm³/mol. The molecule has 9 heteroatoms. The molecule has 6 aliphatic heterocycles. The van der Waals surface area contributed by atoms with Crippen LogP contribution in [0.3, 0.4) is 0 Å². The van der Waals surface area contributed by atoms with Crippen LogP contribution in [-0.4, -0.2) is 24.7 Å². The summed E-state index contributed by atoms with van der Waals surface area (Å²) in [6, 6.07) is 99.2. The first-order valence-electron chi connectivity index (χ1n) is 28.2. The van der Waals surface area contributed by atoms with Gasteiger partial charge in [-0.05, 0) is 146 Å². The second-order valence-corrected chi connectivity index (χ2v) is 22.3. The standard InChI is InChI=1S/C72H44B3N5O/c1-4-22-45(23-5-1)76-60-37-19-13-31-52(60)75-56-42-63-55(43-67(56)81-68-41-48(40-64(76)69(68)75)79-57-34-16-10-28-49(57)50-29-11-17-35-58(50)79)74-54-33-15-21-39-62(54)80-61-38-20-14-32-53(61)73-51-30-12-18-36-59(51)77(46-24-6-2-7-25-46)65-44-66(71(74)72(80)70(65)73)78(63)47-26-8-3-9-27-47/h1-44H. The van der Waals surface area contributed by atoms with Gasteiger partial charge in [0.25, 0.3) is 20.1 Å². The smallest absolute Gasteiger partial charge is 0.256 e. The third-order valence-electron chi connectivity index (χ3n) is 18.3. The van der Waals surface area contributed by atoms with Gasteiger partial charge in [-0.15, -0.1) is 0 Å². The van der Waals surface area contributed by atoms with Crippen LogP contribution in [0, 0.1) is 0 Å². The van der Waals surface area contributed by atoms with Crippen LogP contribution in [0.2, 0.25) is 0 Å². The van der Waals surface area contributed by atoms with Gasteiger partial charge >= 0.3 is 0 Å². The number of hydrogen-bond donors (Lipinski definition) is 0. The Morgan fingerprint density at radius 1 is 0.247 bits per heavy atom. The summed E-state index contributed by atoms with van der Waals surface area (Å²) in [7, 11) is 0. The lowest BCUT2D eigenvalue weighted by Crippen LogP contribution is -2.69. The van der Waals surface area contributed by atoms with Crippen molar-refractivity contribution in [3.8, 4) is 17.2 Å². The monoisotopic (exact) mass is 1030 g/mol. The van der Waals surface area contributed by atoms with E-state index < -0.39 is 0 Å². The van der Waals surface area contributed by atoms with Gasteiger partial charge < -0.3 is 28.9 Å². The molecule has 0 fully saturated rings. The van der Waals surface area contributed by atoms with Gasteiger partial charge in [-0.3, -0.25) is 0 Å². The second kappa shape index (κ2) is 16.1. The first-order valence-corrected chi connectivity index (χ1v) is 28.2. The summed E-state index contributed by atoms with van der Waals surface area (Å²) in [4.78, 5) is 10.2. The van der Waals surface area contributed by atoms with E-state index in [0.717, 1.165) is 73.3 Å². The van der Waals surface area contributed by atoms with Crippen molar-refractivity contribution in [1.82, 2.24) is 4.57 Å². The Labute approximate surface area is 469 Å². The third kappa shape index (κ3) is 5.74. The molecule has 0 bridgehead atoms. The highest BCUT2D eigenvalue weighted by atomic mass is 16.5. The summed E-state index contributed by atoms with van der Waals surface area (Å²) in [6.07, 6.45) is 0. The van der Waals surface area contributed by atoms with Crippen molar-refractivity contribution in [2.45, 2.75) is 0 Å². The van der Waals surface area contributed by atoms with E-state index in [-0.39, 0.29) is 20.1 Å². The number of para-hydroxylation sites is 9. The molecular formula is C72H44B3N5O. The Hall–Kier alpha value is -10.4. The summed E-state index contributed by atoms with van der Waals surface area (Å²) < 4.78 is 10.2. The van der Waals surface area contributed by atoms with Crippen LogP contribution in [0.15, 0.2) is 267 Å². The number of aromatic nitrogens is 1. The Kier molecular flexibility index (Phi) is 8.68. The molecule has 81 heavy (non-hydrogen) atoms.